The Hall–Kier alpha value is -2.01. The molecule has 0 heterocycles. The first kappa shape index (κ1) is 14.4. The van der Waals surface area contributed by atoms with Gasteiger partial charge in [-0.05, 0) is 12.1 Å². The fraction of sp³-hybridized carbons (Fsp3) is 0.0714. The van der Waals surface area contributed by atoms with Crippen LogP contribution in [0.5, 0.6) is 5.75 Å². The van der Waals surface area contributed by atoms with Crippen molar-refractivity contribution in [2.45, 2.75) is 0 Å². The second kappa shape index (κ2) is 5.54. The molecule has 0 aliphatic heterocycles. The van der Waals surface area contributed by atoms with Crippen molar-refractivity contribution in [3.05, 3.63) is 63.9 Å². The number of carbonyl (C=O) groups is 1. The molecule has 20 heavy (non-hydrogen) atoms. The molecule has 0 bridgehead atoms. The third-order valence-corrected chi connectivity index (χ3v) is 3.06. The van der Waals surface area contributed by atoms with Crippen molar-refractivity contribution in [3.63, 3.8) is 0 Å². The van der Waals surface area contributed by atoms with Crippen molar-refractivity contribution < 1.29 is 22.7 Å². The van der Waals surface area contributed by atoms with Crippen molar-refractivity contribution >= 4 is 17.4 Å². The first-order valence-corrected chi connectivity index (χ1v) is 5.85. The van der Waals surface area contributed by atoms with Crippen LogP contribution < -0.4 is 4.74 Å². The molecule has 0 amide bonds. The van der Waals surface area contributed by atoms with E-state index in [1.165, 1.54) is 19.2 Å². The summed E-state index contributed by atoms with van der Waals surface area (Å²) >= 11 is 5.64. The second-order valence-electron chi connectivity index (χ2n) is 3.90. The predicted molar refractivity (Wildman–Crippen MR) is 67.8 cm³/mol. The van der Waals surface area contributed by atoms with Gasteiger partial charge in [0.15, 0.2) is 0 Å². The molecule has 0 saturated carbocycles. The Bertz CT molecular complexity index is 663. The average Bonchev–Trinajstić information content (AvgIpc) is 2.40. The van der Waals surface area contributed by atoms with Gasteiger partial charge in [0.1, 0.15) is 23.2 Å². The van der Waals surface area contributed by atoms with Crippen LogP contribution in [0, 0.1) is 17.5 Å². The molecule has 0 aromatic heterocycles. The molecule has 0 aliphatic rings. The number of ether oxygens (including phenoxy) is 1. The first-order chi connectivity index (χ1) is 9.45. The van der Waals surface area contributed by atoms with Crippen LogP contribution in [0.1, 0.15) is 15.9 Å². The van der Waals surface area contributed by atoms with E-state index < -0.39 is 33.8 Å². The number of benzene rings is 2. The molecule has 0 saturated heterocycles. The summed E-state index contributed by atoms with van der Waals surface area (Å²) in [4.78, 5) is 12.1. The number of halogens is 4. The lowest BCUT2D eigenvalue weighted by Crippen LogP contribution is -2.09. The molecule has 0 aliphatic carbocycles. The summed E-state index contributed by atoms with van der Waals surface area (Å²) in [5.74, 6) is -4.15. The van der Waals surface area contributed by atoms with E-state index in [0.717, 1.165) is 18.2 Å². The van der Waals surface area contributed by atoms with Gasteiger partial charge in [0.2, 0.25) is 5.78 Å². The summed E-state index contributed by atoms with van der Waals surface area (Å²) < 4.78 is 45.5. The molecule has 0 fully saturated rings. The number of hydrogen-bond donors (Lipinski definition) is 0. The van der Waals surface area contributed by atoms with Gasteiger partial charge in [0.25, 0.3) is 0 Å². The monoisotopic (exact) mass is 300 g/mol. The van der Waals surface area contributed by atoms with Crippen molar-refractivity contribution in [2.24, 2.45) is 0 Å². The zero-order chi connectivity index (χ0) is 14.9. The number of ketones is 1. The van der Waals surface area contributed by atoms with Gasteiger partial charge in [-0.3, -0.25) is 4.79 Å². The van der Waals surface area contributed by atoms with Crippen LogP contribution in [0.2, 0.25) is 5.02 Å². The van der Waals surface area contributed by atoms with Crippen LogP contribution in [0.4, 0.5) is 13.2 Å². The van der Waals surface area contributed by atoms with E-state index in [1.54, 1.807) is 0 Å². The summed E-state index contributed by atoms with van der Waals surface area (Å²) in [6.07, 6.45) is 0. The average molecular weight is 301 g/mol. The zero-order valence-electron chi connectivity index (χ0n) is 10.2. The van der Waals surface area contributed by atoms with E-state index in [4.69, 9.17) is 11.6 Å². The smallest absolute Gasteiger partial charge is 0.200 e. The molecule has 0 unspecified atom stereocenters. The lowest BCUT2D eigenvalue weighted by molar-refractivity contribution is 0.103. The molecular formula is C14H8ClF3O2. The highest BCUT2D eigenvalue weighted by Gasteiger charge is 2.23. The molecule has 0 N–H and O–H groups in total. The minimum Gasteiger partial charge on any atom is -0.497 e. The fourth-order valence-electron chi connectivity index (χ4n) is 1.70. The van der Waals surface area contributed by atoms with Gasteiger partial charge in [-0.2, -0.15) is 0 Å². The standard InChI is InChI=1S/C14H8ClF3O2/c1-20-7-5-10(17)12(11(18)6-7)14(19)8-3-2-4-9(16)13(8)15/h2-6H,1H3. The quantitative estimate of drug-likeness (QED) is 0.801. The molecule has 6 heteroatoms. The Kier molecular flexibility index (Phi) is 3.99. The van der Waals surface area contributed by atoms with Gasteiger partial charge in [0.05, 0.1) is 17.7 Å². The number of hydrogen-bond acceptors (Lipinski definition) is 2. The summed E-state index contributed by atoms with van der Waals surface area (Å²) in [7, 11) is 1.24. The van der Waals surface area contributed by atoms with Crippen LogP contribution in [-0.4, -0.2) is 12.9 Å². The van der Waals surface area contributed by atoms with Crippen LogP contribution in [0.3, 0.4) is 0 Å². The van der Waals surface area contributed by atoms with Gasteiger partial charge >= 0.3 is 0 Å². The first-order valence-electron chi connectivity index (χ1n) is 5.47. The van der Waals surface area contributed by atoms with E-state index in [9.17, 15) is 18.0 Å². The maximum atomic E-state index is 13.8. The predicted octanol–water partition coefficient (Wildman–Crippen LogP) is 4.00. The number of methoxy groups -OCH3 is 1. The van der Waals surface area contributed by atoms with Crippen molar-refractivity contribution in [2.75, 3.05) is 7.11 Å². The molecule has 0 radical (unpaired) electrons. The highest BCUT2D eigenvalue weighted by molar-refractivity contribution is 6.35. The van der Waals surface area contributed by atoms with E-state index in [1.807, 2.05) is 0 Å². The van der Waals surface area contributed by atoms with Gasteiger partial charge in [0, 0.05) is 17.7 Å². The summed E-state index contributed by atoms with van der Waals surface area (Å²) in [5.41, 5.74) is -1.12. The third kappa shape index (κ3) is 2.49. The van der Waals surface area contributed by atoms with Crippen molar-refractivity contribution in [1.82, 2.24) is 0 Å². The Morgan fingerprint density at radius 2 is 1.70 bits per heavy atom. The topological polar surface area (TPSA) is 26.3 Å². The Morgan fingerprint density at radius 3 is 2.25 bits per heavy atom. The van der Waals surface area contributed by atoms with E-state index in [-0.39, 0.29) is 11.3 Å². The highest BCUT2D eigenvalue weighted by Crippen LogP contribution is 2.27. The summed E-state index contributed by atoms with van der Waals surface area (Å²) in [6.45, 7) is 0. The van der Waals surface area contributed by atoms with Gasteiger partial charge < -0.3 is 4.74 Å². The minimum atomic E-state index is -1.10. The number of rotatable bonds is 3. The lowest BCUT2D eigenvalue weighted by atomic mass is 10.0. The molecule has 0 atom stereocenters. The molecule has 104 valence electrons. The van der Waals surface area contributed by atoms with Crippen molar-refractivity contribution in [1.29, 1.82) is 0 Å². The van der Waals surface area contributed by atoms with Crippen LogP contribution in [-0.2, 0) is 0 Å². The number of carbonyl (C=O) groups excluding carboxylic acids is 1. The second-order valence-corrected chi connectivity index (χ2v) is 4.27. The van der Waals surface area contributed by atoms with E-state index in [2.05, 4.69) is 4.74 Å². The maximum Gasteiger partial charge on any atom is 0.200 e. The fourth-order valence-corrected chi connectivity index (χ4v) is 1.91. The third-order valence-electron chi connectivity index (χ3n) is 2.67. The van der Waals surface area contributed by atoms with Crippen LogP contribution >= 0.6 is 11.6 Å². The van der Waals surface area contributed by atoms with Gasteiger partial charge in [-0.25, -0.2) is 13.2 Å². The zero-order valence-corrected chi connectivity index (χ0v) is 11.0. The Labute approximate surface area is 117 Å². The molecule has 2 nitrogen and oxygen atoms in total. The van der Waals surface area contributed by atoms with Gasteiger partial charge in [-0.15, -0.1) is 0 Å². The molecule has 2 aromatic carbocycles. The largest absolute Gasteiger partial charge is 0.497 e. The van der Waals surface area contributed by atoms with E-state index >= 15 is 0 Å². The lowest BCUT2D eigenvalue weighted by Gasteiger charge is -2.08. The Balaban J connectivity index is 2.57. The summed E-state index contributed by atoms with van der Waals surface area (Å²) in [5, 5.41) is -0.480. The Morgan fingerprint density at radius 1 is 1.10 bits per heavy atom. The summed E-state index contributed by atoms with van der Waals surface area (Å²) in [6, 6.07) is 5.19. The SMILES string of the molecule is COc1cc(F)c(C(=O)c2cccc(F)c2Cl)c(F)c1. The molecular weight excluding hydrogens is 293 g/mol. The maximum absolute atomic E-state index is 13.8. The molecule has 2 rings (SSSR count). The molecule has 2 aromatic rings. The van der Waals surface area contributed by atoms with E-state index in [0.29, 0.717) is 0 Å². The normalized spacial score (nSPS) is 10.4. The van der Waals surface area contributed by atoms with Crippen molar-refractivity contribution in [3.8, 4) is 5.75 Å². The van der Waals surface area contributed by atoms with Gasteiger partial charge in [-0.1, -0.05) is 17.7 Å². The van der Waals surface area contributed by atoms with Crippen LogP contribution in [0.15, 0.2) is 30.3 Å². The minimum absolute atomic E-state index is 0.0677. The molecule has 0 spiro atoms. The van der Waals surface area contributed by atoms with Crippen LogP contribution in [0.25, 0.3) is 0 Å². The highest BCUT2D eigenvalue weighted by atomic mass is 35.5.